The first-order valence-electron chi connectivity index (χ1n) is 11.8. The number of rotatable bonds is 2. The van der Waals surface area contributed by atoms with Crippen molar-refractivity contribution >= 4 is 54.9 Å². The topological polar surface area (TPSA) is 31.2 Å². The number of furan rings is 2. The molecule has 0 aliphatic carbocycles. The van der Waals surface area contributed by atoms with Crippen LogP contribution in [0.3, 0.4) is 0 Å². The van der Waals surface area contributed by atoms with E-state index in [2.05, 4.69) is 95.6 Å². The maximum atomic E-state index is 6.46. The van der Waals surface area contributed by atoms with Crippen LogP contribution in [-0.2, 0) is 0 Å². The molecule has 8 aromatic rings. The van der Waals surface area contributed by atoms with E-state index in [0.717, 1.165) is 71.7 Å². The minimum atomic E-state index is 0.887. The minimum Gasteiger partial charge on any atom is -0.456 e. The largest absolute Gasteiger partial charge is 0.456 e. The number of para-hydroxylation sites is 3. The fourth-order valence-corrected chi connectivity index (χ4v) is 5.50. The summed E-state index contributed by atoms with van der Waals surface area (Å²) in [5, 5.41) is 4.49. The normalized spacial score (nSPS) is 12.0. The Kier molecular flexibility index (Phi) is 3.66. The summed E-state index contributed by atoms with van der Waals surface area (Å²) in [6.07, 6.45) is 0. The van der Waals surface area contributed by atoms with Crippen LogP contribution in [-0.4, -0.2) is 4.57 Å². The summed E-state index contributed by atoms with van der Waals surface area (Å²) in [6.45, 7) is 0. The molecule has 0 bridgehead atoms. The molecule has 164 valence electrons. The van der Waals surface area contributed by atoms with Crippen molar-refractivity contribution in [3.63, 3.8) is 0 Å². The maximum Gasteiger partial charge on any atom is 0.161 e. The van der Waals surface area contributed by atoms with E-state index in [1.165, 1.54) is 0 Å². The number of hydrogen-bond acceptors (Lipinski definition) is 2. The van der Waals surface area contributed by atoms with Crippen LogP contribution in [0.15, 0.2) is 124 Å². The van der Waals surface area contributed by atoms with Crippen LogP contribution in [0.25, 0.3) is 71.7 Å². The second kappa shape index (κ2) is 6.87. The van der Waals surface area contributed by atoms with Gasteiger partial charge in [-0.15, -0.1) is 0 Å². The maximum absolute atomic E-state index is 6.46. The Morgan fingerprint density at radius 1 is 0.514 bits per heavy atom. The van der Waals surface area contributed by atoms with E-state index in [0.29, 0.717) is 0 Å². The average Bonchev–Trinajstić information content (AvgIpc) is 3.57. The molecule has 0 saturated heterocycles. The quantitative estimate of drug-likeness (QED) is 0.263. The molecule has 0 unspecified atom stereocenters. The molecular weight excluding hydrogens is 430 g/mol. The van der Waals surface area contributed by atoms with E-state index in [-0.39, 0.29) is 0 Å². The Hall–Kier alpha value is -4.76. The number of nitrogens with zero attached hydrogens (tertiary/aromatic N) is 1. The molecule has 0 radical (unpaired) electrons. The van der Waals surface area contributed by atoms with Gasteiger partial charge in [0.2, 0.25) is 0 Å². The molecule has 35 heavy (non-hydrogen) atoms. The summed E-state index contributed by atoms with van der Waals surface area (Å²) in [6, 6.07) is 40.0. The van der Waals surface area contributed by atoms with Gasteiger partial charge in [0.25, 0.3) is 0 Å². The van der Waals surface area contributed by atoms with Gasteiger partial charge in [0.1, 0.15) is 22.3 Å². The standard InChI is InChI=1S/C32H19NO2/c1-2-9-21(10-3-1)33-26-14-6-4-11-23(26)32-31(33)25-19-20(17-18-28(25)35-32)22-13-8-16-29-30(22)24-12-5-7-15-27(24)34-29/h1-19H. The third-order valence-electron chi connectivity index (χ3n) is 7.00. The van der Waals surface area contributed by atoms with Gasteiger partial charge in [0.05, 0.1) is 5.52 Å². The van der Waals surface area contributed by atoms with E-state index in [9.17, 15) is 0 Å². The lowest BCUT2D eigenvalue weighted by Gasteiger charge is -2.08. The zero-order valence-electron chi connectivity index (χ0n) is 18.7. The number of hydrogen-bond donors (Lipinski definition) is 0. The van der Waals surface area contributed by atoms with Gasteiger partial charge in [-0.25, -0.2) is 0 Å². The monoisotopic (exact) mass is 449 g/mol. The lowest BCUT2D eigenvalue weighted by Crippen LogP contribution is -1.92. The van der Waals surface area contributed by atoms with E-state index in [1.807, 2.05) is 24.3 Å². The highest BCUT2D eigenvalue weighted by atomic mass is 16.3. The lowest BCUT2D eigenvalue weighted by atomic mass is 9.98. The first kappa shape index (κ1) is 18.6. The van der Waals surface area contributed by atoms with Crippen LogP contribution in [0.5, 0.6) is 0 Å². The molecule has 0 atom stereocenters. The van der Waals surface area contributed by atoms with Crippen LogP contribution < -0.4 is 0 Å². The van der Waals surface area contributed by atoms with Crippen molar-refractivity contribution in [2.75, 3.05) is 0 Å². The molecule has 3 heteroatoms. The van der Waals surface area contributed by atoms with Gasteiger partial charge in [-0.05, 0) is 59.7 Å². The van der Waals surface area contributed by atoms with Crippen molar-refractivity contribution in [3.05, 3.63) is 115 Å². The van der Waals surface area contributed by atoms with Crippen molar-refractivity contribution < 1.29 is 8.83 Å². The Labute approximate surface area is 200 Å². The van der Waals surface area contributed by atoms with Crippen LogP contribution >= 0.6 is 0 Å². The second-order valence-electron chi connectivity index (χ2n) is 8.96. The Bertz CT molecular complexity index is 2050. The van der Waals surface area contributed by atoms with Crippen LogP contribution in [0.2, 0.25) is 0 Å². The van der Waals surface area contributed by atoms with Crippen molar-refractivity contribution in [2.24, 2.45) is 0 Å². The first-order chi connectivity index (χ1) is 17.4. The summed E-state index contributed by atoms with van der Waals surface area (Å²) in [7, 11) is 0. The van der Waals surface area contributed by atoms with E-state index in [4.69, 9.17) is 8.83 Å². The number of aromatic nitrogens is 1. The predicted molar refractivity (Wildman–Crippen MR) is 143 cm³/mol. The SMILES string of the molecule is c1ccc(-n2c3ccccc3c3oc4ccc(-c5cccc6oc7ccccc7c56)cc4c32)cc1. The second-order valence-corrected chi connectivity index (χ2v) is 8.96. The van der Waals surface area contributed by atoms with Gasteiger partial charge < -0.3 is 13.4 Å². The summed E-state index contributed by atoms with van der Waals surface area (Å²) >= 11 is 0. The fourth-order valence-electron chi connectivity index (χ4n) is 5.50. The van der Waals surface area contributed by atoms with Gasteiger partial charge in [0.15, 0.2) is 5.58 Å². The first-order valence-corrected chi connectivity index (χ1v) is 11.8. The summed E-state index contributed by atoms with van der Waals surface area (Å²) in [4.78, 5) is 0. The molecule has 0 spiro atoms. The molecule has 3 heterocycles. The highest BCUT2D eigenvalue weighted by Gasteiger charge is 2.20. The minimum absolute atomic E-state index is 0.887. The van der Waals surface area contributed by atoms with E-state index >= 15 is 0 Å². The van der Waals surface area contributed by atoms with E-state index < -0.39 is 0 Å². The molecule has 0 amide bonds. The molecule has 5 aromatic carbocycles. The van der Waals surface area contributed by atoms with Crippen LogP contribution in [0.4, 0.5) is 0 Å². The van der Waals surface area contributed by atoms with Gasteiger partial charge in [-0.3, -0.25) is 0 Å². The zero-order chi connectivity index (χ0) is 22.9. The van der Waals surface area contributed by atoms with Gasteiger partial charge >= 0.3 is 0 Å². The van der Waals surface area contributed by atoms with Crippen molar-refractivity contribution in [3.8, 4) is 16.8 Å². The molecular formula is C32H19NO2. The molecule has 8 rings (SSSR count). The van der Waals surface area contributed by atoms with Crippen molar-refractivity contribution in [1.82, 2.24) is 4.57 Å². The molecule has 0 saturated carbocycles. The van der Waals surface area contributed by atoms with Crippen molar-refractivity contribution in [1.29, 1.82) is 0 Å². The summed E-state index contributed by atoms with van der Waals surface area (Å²) in [5.74, 6) is 0. The number of fused-ring (bicyclic) bond motifs is 8. The van der Waals surface area contributed by atoms with E-state index in [1.54, 1.807) is 0 Å². The van der Waals surface area contributed by atoms with Crippen LogP contribution in [0, 0.1) is 0 Å². The van der Waals surface area contributed by atoms with Crippen molar-refractivity contribution in [2.45, 2.75) is 0 Å². The average molecular weight is 450 g/mol. The molecule has 0 aliphatic rings. The van der Waals surface area contributed by atoms with Gasteiger partial charge in [-0.1, -0.05) is 66.7 Å². The van der Waals surface area contributed by atoms with Gasteiger partial charge in [0, 0.05) is 27.2 Å². The lowest BCUT2D eigenvalue weighted by molar-refractivity contribution is 0.669. The highest BCUT2D eigenvalue weighted by Crippen LogP contribution is 2.42. The Balaban J connectivity index is 1.49. The summed E-state index contributed by atoms with van der Waals surface area (Å²) in [5.41, 5.74) is 9.27. The Morgan fingerprint density at radius 2 is 1.26 bits per heavy atom. The molecule has 0 aliphatic heterocycles. The third kappa shape index (κ3) is 2.55. The third-order valence-corrected chi connectivity index (χ3v) is 7.00. The molecule has 0 N–H and O–H groups in total. The fraction of sp³-hybridized carbons (Fsp3) is 0. The van der Waals surface area contributed by atoms with Gasteiger partial charge in [-0.2, -0.15) is 0 Å². The van der Waals surface area contributed by atoms with Crippen LogP contribution in [0.1, 0.15) is 0 Å². The molecule has 0 fully saturated rings. The number of benzene rings is 5. The Morgan fingerprint density at radius 3 is 2.17 bits per heavy atom. The summed E-state index contributed by atoms with van der Waals surface area (Å²) < 4.78 is 14.9. The molecule has 3 aromatic heterocycles. The predicted octanol–water partition coefficient (Wildman–Crippen LogP) is 9.10. The zero-order valence-corrected chi connectivity index (χ0v) is 18.7. The molecule has 3 nitrogen and oxygen atoms in total. The highest BCUT2D eigenvalue weighted by molar-refractivity contribution is 6.18. The smallest absolute Gasteiger partial charge is 0.161 e.